The van der Waals surface area contributed by atoms with E-state index < -0.39 is 17.7 Å². The van der Waals surface area contributed by atoms with Gasteiger partial charge in [-0.15, -0.1) is 0 Å². The Balaban J connectivity index is 2.61. The number of carbonyl (C=O) groups is 3. The lowest BCUT2D eigenvalue weighted by molar-refractivity contribution is -0.136. The second kappa shape index (κ2) is 7.81. The van der Waals surface area contributed by atoms with Gasteiger partial charge in [0.15, 0.2) is 0 Å². The van der Waals surface area contributed by atoms with Crippen molar-refractivity contribution in [1.29, 1.82) is 0 Å². The Hall–Kier alpha value is -1.67. The molecule has 0 heterocycles. The van der Waals surface area contributed by atoms with Crippen LogP contribution in [0.15, 0.2) is 0 Å². The number of nitrogens with one attached hydrogen (secondary N) is 3. The third kappa shape index (κ3) is 4.78. The molecular formula is C12H23N5O3. The molecule has 114 valence electrons. The maximum atomic E-state index is 11.6. The highest BCUT2D eigenvalue weighted by atomic mass is 16.2. The highest BCUT2D eigenvalue weighted by molar-refractivity contribution is 5.99. The van der Waals surface area contributed by atoms with Crippen molar-refractivity contribution in [3.8, 4) is 0 Å². The van der Waals surface area contributed by atoms with Crippen LogP contribution in [0.1, 0.15) is 39.0 Å². The highest BCUT2D eigenvalue weighted by Gasteiger charge is 2.31. The molecule has 1 aliphatic carbocycles. The zero-order valence-corrected chi connectivity index (χ0v) is 11.6. The Bertz CT molecular complexity index is 358. The van der Waals surface area contributed by atoms with E-state index in [0.29, 0.717) is 6.42 Å². The predicted molar refractivity (Wildman–Crippen MR) is 72.3 cm³/mol. The number of nitrogens with two attached hydrogens (primary N) is 2. The molecule has 1 aliphatic rings. The van der Waals surface area contributed by atoms with Gasteiger partial charge >= 0.3 is 0 Å². The fourth-order valence-corrected chi connectivity index (χ4v) is 2.79. The van der Waals surface area contributed by atoms with Crippen LogP contribution in [0.2, 0.25) is 0 Å². The van der Waals surface area contributed by atoms with E-state index in [-0.39, 0.29) is 17.9 Å². The molecule has 20 heavy (non-hydrogen) atoms. The number of hydrogen-bond acceptors (Lipinski definition) is 5. The standard InChI is InChI=1S/C12H23N5O3/c1-7(18)15-9-4-2-3-8(5-9)6-10(11(19)16-13)12(20)17-14/h8-10H,2-6,13-14H2,1H3,(H,15,18)(H,16,19)(H,17,20)/t8-,9+/m0/s1. The number of hydrogen-bond donors (Lipinski definition) is 5. The maximum Gasteiger partial charge on any atom is 0.246 e. The first kappa shape index (κ1) is 16.4. The first-order chi connectivity index (χ1) is 9.47. The van der Waals surface area contributed by atoms with Gasteiger partial charge in [-0.05, 0) is 25.2 Å². The molecule has 0 bridgehead atoms. The zero-order valence-electron chi connectivity index (χ0n) is 11.6. The fraction of sp³-hybridized carbons (Fsp3) is 0.750. The van der Waals surface area contributed by atoms with Gasteiger partial charge in [0.05, 0.1) is 0 Å². The summed E-state index contributed by atoms with van der Waals surface area (Å²) >= 11 is 0. The van der Waals surface area contributed by atoms with Gasteiger partial charge in [-0.25, -0.2) is 11.7 Å². The summed E-state index contributed by atoms with van der Waals surface area (Å²) < 4.78 is 0. The second-order valence-corrected chi connectivity index (χ2v) is 5.24. The van der Waals surface area contributed by atoms with E-state index in [9.17, 15) is 14.4 Å². The van der Waals surface area contributed by atoms with Gasteiger partial charge in [-0.2, -0.15) is 0 Å². The molecule has 1 saturated carbocycles. The fourth-order valence-electron chi connectivity index (χ4n) is 2.79. The summed E-state index contributed by atoms with van der Waals surface area (Å²) in [5.74, 6) is 8.30. The molecule has 0 aromatic heterocycles. The third-order valence-corrected chi connectivity index (χ3v) is 3.68. The predicted octanol–water partition coefficient (Wildman–Crippen LogP) is -1.33. The minimum absolute atomic E-state index is 0.0633. The van der Waals surface area contributed by atoms with Crippen LogP contribution in [0, 0.1) is 11.8 Å². The molecule has 8 heteroatoms. The van der Waals surface area contributed by atoms with Crippen molar-refractivity contribution in [2.24, 2.45) is 23.5 Å². The Morgan fingerprint density at radius 3 is 2.25 bits per heavy atom. The summed E-state index contributed by atoms with van der Waals surface area (Å²) in [7, 11) is 0. The van der Waals surface area contributed by atoms with Gasteiger partial charge in [-0.1, -0.05) is 12.8 Å². The van der Waals surface area contributed by atoms with E-state index in [1.165, 1.54) is 6.92 Å². The highest BCUT2D eigenvalue weighted by Crippen LogP contribution is 2.29. The molecule has 0 unspecified atom stereocenters. The smallest absolute Gasteiger partial charge is 0.246 e. The van der Waals surface area contributed by atoms with Crippen molar-refractivity contribution >= 4 is 17.7 Å². The monoisotopic (exact) mass is 285 g/mol. The van der Waals surface area contributed by atoms with Crippen molar-refractivity contribution in [2.75, 3.05) is 0 Å². The lowest BCUT2D eigenvalue weighted by Gasteiger charge is -2.31. The summed E-state index contributed by atoms with van der Waals surface area (Å²) in [5.41, 5.74) is 3.98. The number of carbonyl (C=O) groups excluding carboxylic acids is 3. The molecule has 1 fully saturated rings. The summed E-state index contributed by atoms with van der Waals surface area (Å²) in [6, 6.07) is 0.105. The topological polar surface area (TPSA) is 139 Å². The van der Waals surface area contributed by atoms with Gasteiger partial charge in [0, 0.05) is 13.0 Å². The molecule has 0 radical (unpaired) electrons. The van der Waals surface area contributed by atoms with Gasteiger partial charge in [0.2, 0.25) is 17.7 Å². The van der Waals surface area contributed by atoms with Crippen LogP contribution in [0.5, 0.6) is 0 Å². The Labute approximate surface area is 118 Å². The molecule has 0 aliphatic heterocycles. The summed E-state index contributed by atoms with van der Waals surface area (Å²) in [6.07, 6.45) is 3.93. The van der Waals surface area contributed by atoms with Crippen molar-refractivity contribution in [1.82, 2.24) is 16.2 Å². The summed E-state index contributed by atoms with van der Waals surface area (Å²) in [4.78, 5) is 34.3. The SMILES string of the molecule is CC(=O)N[C@@H]1CCC[C@H](CC(C(=O)NN)C(=O)NN)C1. The maximum absolute atomic E-state index is 11.6. The van der Waals surface area contributed by atoms with Crippen LogP contribution in [0.4, 0.5) is 0 Å². The normalized spacial score (nSPS) is 22.2. The first-order valence-corrected chi connectivity index (χ1v) is 6.76. The minimum Gasteiger partial charge on any atom is -0.354 e. The van der Waals surface area contributed by atoms with Crippen LogP contribution in [-0.2, 0) is 14.4 Å². The van der Waals surface area contributed by atoms with Crippen molar-refractivity contribution in [2.45, 2.75) is 45.1 Å². The molecule has 0 saturated heterocycles. The molecule has 0 aromatic rings. The van der Waals surface area contributed by atoms with E-state index in [1.54, 1.807) is 0 Å². The Morgan fingerprint density at radius 2 is 1.75 bits per heavy atom. The van der Waals surface area contributed by atoms with Crippen molar-refractivity contribution in [3.05, 3.63) is 0 Å². The molecule has 0 spiro atoms. The average Bonchev–Trinajstić information content (AvgIpc) is 2.42. The summed E-state index contributed by atoms with van der Waals surface area (Å²) in [5, 5.41) is 2.88. The van der Waals surface area contributed by atoms with Gasteiger partial charge in [0.1, 0.15) is 5.92 Å². The van der Waals surface area contributed by atoms with Crippen LogP contribution in [0.3, 0.4) is 0 Å². The minimum atomic E-state index is -0.897. The molecule has 7 N–H and O–H groups in total. The number of amides is 3. The van der Waals surface area contributed by atoms with Crippen LogP contribution in [-0.4, -0.2) is 23.8 Å². The molecule has 3 amide bonds. The van der Waals surface area contributed by atoms with E-state index in [0.717, 1.165) is 25.7 Å². The van der Waals surface area contributed by atoms with Gasteiger partial charge < -0.3 is 5.32 Å². The average molecular weight is 285 g/mol. The lowest BCUT2D eigenvalue weighted by Crippen LogP contribution is -2.47. The zero-order chi connectivity index (χ0) is 15.1. The molecule has 2 atom stereocenters. The van der Waals surface area contributed by atoms with E-state index in [2.05, 4.69) is 5.32 Å². The van der Waals surface area contributed by atoms with E-state index >= 15 is 0 Å². The second-order valence-electron chi connectivity index (χ2n) is 5.24. The molecule has 0 aromatic carbocycles. The Morgan fingerprint density at radius 1 is 1.15 bits per heavy atom. The first-order valence-electron chi connectivity index (χ1n) is 6.76. The summed E-state index contributed by atoms with van der Waals surface area (Å²) in [6.45, 7) is 1.48. The van der Waals surface area contributed by atoms with Crippen LogP contribution in [0.25, 0.3) is 0 Å². The van der Waals surface area contributed by atoms with Gasteiger partial charge in [0.25, 0.3) is 0 Å². The molecular weight excluding hydrogens is 262 g/mol. The van der Waals surface area contributed by atoms with Gasteiger partial charge in [-0.3, -0.25) is 25.2 Å². The van der Waals surface area contributed by atoms with E-state index in [1.807, 2.05) is 10.9 Å². The quantitative estimate of drug-likeness (QED) is 0.184. The number of hydrazine groups is 2. The van der Waals surface area contributed by atoms with Crippen LogP contribution < -0.4 is 27.9 Å². The Kier molecular flexibility index (Phi) is 6.40. The van der Waals surface area contributed by atoms with E-state index in [4.69, 9.17) is 11.7 Å². The molecule has 8 nitrogen and oxygen atoms in total. The lowest BCUT2D eigenvalue weighted by atomic mass is 9.80. The third-order valence-electron chi connectivity index (χ3n) is 3.68. The largest absolute Gasteiger partial charge is 0.354 e. The molecule has 1 rings (SSSR count). The van der Waals surface area contributed by atoms with Crippen LogP contribution >= 0.6 is 0 Å². The van der Waals surface area contributed by atoms with Crippen molar-refractivity contribution in [3.63, 3.8) is 0 Å². The number of rotatable bonds is 5. The van der Waals surface area contributed by atoms with Crippen molar-refractivity contribution < 1.29 is 14.4 Å².